The first kappa shape index (κ1) is 19.9. The molecule has 1 saturated heterocycles. The molecule has 1 aliphatic carbocycles. The third kappa shape index (κ3) is 4.46. The Morgan fingerprint density at radius 1 is 1.17 bits per heavy atom. The number of ether oxygens (including phenoxy) is 1. The van der Waals surface area contributed by atoms with Crippen molar-refractivity contribution in [1.29, 1.82) is 0 Å². The van der Waals surface area contributed by atoms with E-state index < -0.39 is 0 Å². The molecule has 1 saturated carbocycles. The highest BCUT2D eigenvalue weighted by Crippen LogP contribution is 2.31. The molecule has 2 aromatic rings. The first-order valence-electron chi connectivity index (χ1n) is 10.7. The van der Waals surface area contributed by atoms with Gasteiger partial charge in [-0.05, 0) is 43.1 Å². The molecule has 29 heavy (non-hydrogen) atoms. The van der Waals surface area contributed by atoms with Crippen molar-refractivity contribution in [3.8, 4) is 5.75 Å². The molecule has 0 radical (unpaired) electrons. The Labute approximate surface area is 173 Å². The van der Waals surface area contributed by atoms with Crippen molar-refractivity contribution < 1.29 is 9.53 Å². The summed E-state index contributed by atoms with van der Waals surface area (Å²) in [4.78, 5) is 17.8. The smallest absolute Gasteiger partial charge is 0.254 e. The van der Waals surface area contributed by atoms with Crippen LogP contribution in [0.25, 0.3) is 0 Å². The number of hydrogen-bond donors (Lipinski definition) is 1. The maximum Gasteiger partial charge on any atom is 0.254 e. The second-order valence-electron chi connectivity index (χ2n) is 7.95. The van der Waals surface area contributed by atoms with E-state index in [2.05, 4.69) is 35.3 Å². The van der Waals surface area contributed by atoms with E-state index in [9.17, 15) is 4.79 Å². The van der Waals surface area contributed by atoms with Crippen LogP contribution in [0.3, 0.4) is 0 Å². The summed E-state index contributed by atoms with van der Waals surface area (Å²) in [5.41, 5.74) is 3.08. The molecule has 1 atom stereocenters. The lowest BCUT2D eigenvalue weighted by Gasteiger charge is -2.37. The van der Waals surface area contributed by atoms with Crippen molar-refractivity contribution in [2.75, 3.05) is 33.3 Å². The van der Waals surface area contributed by atoms with E-state index in [1.165, 1.54) is 18.4 Å². The summed E-state index contributed by atoms with van der Waals surface area (Å²) in [5, 5.41) is 3.42. The second kappa shape index (κ2) is 8.97. The number of nitrogens with zero attached hydrogens (tertiary/aromatic N) is 2. The molecular weight excluding hydrogens is 362 g/mol. The Bertz CT molecular complexity index is 832. The van der Waals surface area contributed by atoms with E-state index in [0.29, 0.717) is 6.54 Å². The molecule has 1 unspecified atom stereocenters. The fourth-order valence-electron chi connectivity index (χ4n) is 4.26. The zero-order chi connectivity index (χ0) is 20.2. The number of amides is 1. The Balaban J connectivity index is 1.51. The fraction of sp³-hybridized carbons (Fsp3) is 0.458. The topological polar surface area (TPSA) is 44.8 Å². The summed E-state index contributed by atoms with van der Waals surface area (Å²) in [6.45, 7) is 6.49. The van der Waals surface area contributed by atoms with Crippen molar-refractivity contribution >= 4 is 5.91 Å². The van der Waals surface area contributed by atoms with Gasteiger partial charge in [-0.15, -0.1) is 0 Å². The second-order valence-corrected chi connectivity index (χ2v) is 7.95. The van der Waals surface area contributed by atoms with Gasteiger partial charge in [-0.2, -0.15) is 0 Å². The number of piperazine rings is 1. The molecule has 1 heterocycles. The molecular formula is C24H31N3O2. The Morgan fingerprint density at radius 3 is 2.62 bits per heavy atom. The maximum absolute atomic E-state index is 13.3. The molecule has 1 N–H and O–H groups in total. The summed E-state index contributed by atoms with van der Waals surface area (Å²) in [5.74, 6) is 0.914. The Kier molecular flexibility index (Phi) is 6.16. The standard InChI is InChI=1S/C24H31N3O2/c1-3-26(20-12-13-20)17-18-8-10-19(11-9-18)24(28)27-15-14-25-16-22(27)21-6-4-5-7-23(21)29-2/h4-11,20,22,25H,3,12-17H2,1-2H3. The third-order valence-electron chi connectivity index (χ3n) is 6.06. The van der Waals surface area contributed by atoms with E-state index in [4.69, 9.17) is 4.74 Å². The van der Waals surface area contributed by atoms with Gasteiger partial charge in [-0.25, -0.2) is 0 Å². The Hall–Kier alpha value is -2.37. The average Bonchev–Trinajstić information content (AvgIpc) is 3.63. The molecule has 0 spiro atoms. The predicted octanol–water partition coefficient (Wildman–Crippen LogP) is 3.47. The normalized spacial score (nSPS) is 19.4. The number of para-hydroxylation sites is 1. The highest BCUT2D eigenvalue weighted by atomic mass is 16.5. The van der Waals surface area contributed by atoms with Crippen LogP contribution < -0.4 is 10.1 Å². The largest absolute Gasteiger partial charge is 0.496 e. The molecule has 1 aliphatic heterocycles. The minimum absolute atomic E-state index is 0.0301. The summed E-state index contributed by atoms with van der Waals surface area (Å²) < 4.78 is 5.55. The van der Waals surface area contributed by atoms with E-state index in [1.807, 2.05) is 35.2 Å². The van der Waals surface area contributed by atoms with Crippen LogP contribution in [0, 0.1) is 0 Å². The number of methoxy groups -OCH3 is 1. The van der Waals surface area contributed by atoms with Gasteiger partial charge in [0.1, 0.15) is 5.75 Å². The Morgan fingerprint density at radius 2 is 1.93 bits per heavy atom. The van der Waals surface area contributed by atoms with Crippen LogP contribution >= 0.6 is 0 Å². The van der Waals surface area contributed by atoms with Gasteiger partial charge in [0.15, 0.2) is 0 Å². The van der Waals surface area contributed by atoms with Gasteiger partial charge in [-0.1, -0.05) is 37.3 Å². The van der Waals surface area contributed by atoms with E-state index >= 15 is 0 Å². The highest BCUT2D eigenvalue weighted by Gasteiger charge is 2.31. The minimum atomic E-state index is -0.0301. The molecule has 0 bridgehead atoms. The maximum atomic E-state index is 13.3. The van der Waals surface area contributed by atoms with Crippen LogP contribution in [0.4, 0.5) is 0 Å². The third-order valence-corrected chi connectivity index (χ3v) is 6.06. The van der Waals surface area contributed by atoms with Crippen molar-refractivity contribution in [2.45, 2.75) is 38.4 Å². The number of rotatable bonds is 7. The molecule has 154 valence electrons. The van der Waals surface area contributed by atoms with E-state index in [0.717, 1.165) is 49.1 Å². The number of nitrogens with one attached hydrogen (secondary N) is 1. The van der Waals surface area contributed by atoms with Crippen molar-refractivity contribution in [3.05, 3.63) is 65.2 Å². The highest BCUT2D eigenvalue weighted by molar-refractivity contribution is 5.94. The lowest BCUT2D eigenvalue weighted by atomic mass is 10.0. The molecule has 2 aromatic carbocycles. The molecule has 5 nitrogen and oxygen atoms in total. The van der Waals surface area contributed by atoms with Crippen LogP contribution in [0.5, 0.6) is 5.75 Å². The minimum Gasteiger partial charge on any atom is -0.496 e. The number of hydrogen-bond acceptors (Lipinski definition) is 4. The van der Waals surface area contributed by atoms with Gasteiger partial charge in [0.2, 0.25) is 0 Å². The fourth-order valence-corrected chi connectivity index (χ4v) is 4.26. The quantitative estimate of drug-likeness (QED) is 0.782. The SMILES string of the molecule is CCN(Cc1ccc(C(=O)N2CCNCC2c2ccccc2OC)cc1)C1CC1. The predicted molar refractivity (Wildman–Crippen MR) is 115 cm³/mol. The van der Waals surface area contributed by atoms with Gasteiger partial charge in [0.05, 0.1) is 13.2 Å². The molecule has 2 aliphatic rings. The van der Waals surface area contributed by atoms with Crippen molar-refractivity contribution in [1.82, 2.24) is 15.1 Å². The van der Waals surface area contributed by atoms with Gasteiger partial charge in [-0.3, -0.25) is 9.69 Å². The average molecular weight is 394 g/mol. The van der Waals surface area contributed by atoms with Crippen LogP contribution in [0.1, 0.15) is 47.3 Å². The lowest BCUT2D eigenvalue weighted by molar-refractivity contribution is 0.0631. The van der Waals surface area contributed by atoms with E-state index in [1.54, 1.807) is 7.11 Å². The van der Waals surface area contributed by atoms with Crippen LogP contribution in [0.2, 0.25) is 0 Å². The van der Waals surface area contributed by atoms with Gasteiger partial charge >= 0.3 is 0 Å². The molecule has 1 amide bonds. The van der Waals surface area contributed by atoms with Gasteiger partial charge in [0, 0.05) is 43.3 Å². The summed E-state index contributed by atoms with van der Waals surface area (Å²) >= 11 is 0. The number of carbonyl (C=O) groups is 1. The van der Waals surface area contributed by atoms with Gasteiger partial charge < -0.3 is 15.0 Å². The first-order valence-corrected chi connectivity index (χ1v) is 10.7. The van der Waals surface area contributed by atoms with Gasteiger partial charge in [0.25, 0.3) is 5.91 Å². The van der Waals surface area contributed by atoms with Crippen LogP contribution in [-0.2, 0) is 6.54 Å². The number of carbonyl (C=O) groups excluding carboxylic acids is 1. The number of benzene rings is 2. The van der Waals surface area contributed by atoms with Crippen LogP contribution in [-0.4, -0.2) is 55.0 Å². The lowest BCUT2D eigenvalue weighted by Crippen LogP contribution is -2.48. The zero-order valence-electron chi connectivity index (χ0n) is 17.4. The summed E-state index contributed by atoms with van der Waals surface area (Å²) in [6.07, 6.45) is 2.63. The van der Waals surface area contributed by atoms with E-state index in [-0.39, 0.29) is 11.9 Å². The molecule has 2 fully saturated rings. The zero-order valence-corrected chi connectivity index (χ0v) is 17.4. The first-order chi connectivity index (χ1) is 14.2. The summed E-state index contributed by atoms with van der Waals surface area (Å²) in [7, 11) is 1.68. The molecule has 4 rings (SSSR count). The molecule has 0 aromatic heterocycles. The van der Waals surface area contributed by atoms with Crippen molar-refractivity contribution in [3.63, 3.8) is 0 Å². The summed E-state index contributed by atoms with van der Waals surface area (Å²) in [6, 6.07) is 16.9. The monoisotopic (exact) mass is 393 g/mol. The van der Waals surface area contributed by atoms with Crippen LogP contribution in [0.15, 0.2) is 48.5 Å². The van der Waals surface area contributed by atoms with Crippen molar-refractivity contribution in [2.24, 2.45) is 0 Å². The molecule has 5 heteroatoms.